The van der Waals surface area contributed by atoms with Crippen LogP contribution >= 0.6 is 11.3 Å². The van der Waals surface area contributed by atoms with Gasteiger partial charge in [0.1, 0.15) is 5.67 Å². The molecule has 3 aromatic carbocycles. The summed E-state index contributed by atoms with van der Waals surface area (Å²) in [6.07, 6.45) is 7.69. The highest BCUT2D eigenvalue weighted by atomic mass is 32.1. The first-order chi connectivity index (χ1) is 22.1. The second-order valence-corrected chi connectivity index (χ2v) is 16.6. The van der Waals surface area contributed by atoms with Gasteiger partial charge in [-0.2, -0.15) is 5.26 Å². The number of aromatic nitrogens is 1. The zero-order valence-corrected chi connectivity index (χ0v) is 27.1. The van der Waals surface area contributed by atoms with Crippen molar-refractivity contribution in [3.8, 4) is 17.2 Å². The van der Waals surface area contributed by atoms with E-state index in [1.54, 1.807) is 11.3 Å². The van der Waals surface area contributed by atoms with Crippen LogP contribution in [0.2, 0.25) is 0 Å². The second-order valence-electron chi connectivity index (χ2n) is 15.4. The van der Waals surface area contributed by atoms with Gasteiger partial charge in [-0.25, -0.2) is 9.37 Å². The first-order valence-corrected chi connectivity index (χ1v) is 17.6. The molecule has 2 aliphatic heterocycles. The second kappa shape index (κ2) is 9.71. The van der Waals surface area contributed by atoms with Crippen LogP contribution in [0.1, 0.15) is 80.3 Å². The van der Waals surface area contributed by atoms with Crippen LogP contribution in [0, 0.1) is 29.1 Å². The van der Waals surface area contributed by atoms with Gasteiger partial charge in [-0.15, -0.1) is 11.3 Å². The highest BCUT2D eigenvalue weighted by molar-refractivity contribution is 7.18. The van der Waals surface area contributed by atoms with Crippen LogP contribution in [0.3, 0.4) is 0 Å². The number of amides is 1. The van der Waals surface area contributed by atoms with Crippen molar-refractivity contribution in [1.29, 1.82) is 5.26 Å². The van der Waals surface area contributed by atoms with Crippen LogP contribution in [0.15, 0.2) is 66.7 Å². The molecule has 2 saturated heterocycles. The lowest BCUT2D eigenvalue weighted by Gasteiger charge is -2.66. The molecular formula is C39H38FN3O2S. The lowest BCUT2D eigenvalue weighted by Crippen LogP contribution is -2.65. The lowest BCUT2D eigenvalue weighted by molar-refractivity contribution is -0.215. The van der Waals surface area contributed by atoms with E-state index < -0.39 is 5.67 Å². The van der Waals surface area contributed by atoms with Crippen molar-refractivity contribution < 1.29 is 13.9 Å². The third kappa shape index (κ3) is 4.47. The van der Waals surface area contributed by atoms with E-state index in [0.717, 1.165) is 76.1 Å². The minimum atomic E-state index is -1.02. The molecule has 4 aromatic rings. The molecule has 46 heavy (non-hydrogen) atoms. The Morgan fingerprint density at radius 2 is 1.65 bits per heavy atom. The highest BCUT2D eigenvalue weighted by Gasteiger charge is 2.69. The molecule has 0 N–H and O–H groups in total. The van der Waals surface area contributed by atoms with Crippen LogP contribution in [0.4, 0.5) is 10.1 Å². The van der Waals surface area contributed by atoms with Gasteiger partial charge in [-0.05, 0) is 117 Å². The van der Waals surface area contributed by atoms with E-state index in [4.69, 9.17) is 4.74 Å². The SMILES string of the molecule is Cc1nc2ccc(-c3cccc(N(CC45CCC(c6ccc(C7(C#N)CC7)cc6)(CC4)OC5)C(=O)CC45CC(F)(C4)C5)c3)cc2s1. The van der Waals surface area contributed by atoms with E-state index in [1.807, 2.05) is 17.9 Å². The van der Waals surface area contributed by atoms with E-state index in [-0.39, 0.29) is 27.8 Å². The van der Waals surface area contributed by atoms with Gasteiger partial charge in [0, 0.05) is 24.1 Å². The number of anilines is 1. The minimum Gasteiger partial charge on any atom is -0.370 e. The predicted molar refractivity (Wildman–Crippen MR) is 178 cm³/mol. The summed E-state index contributed by atoms with van der Waals surface area (Å²) in [5.74, 6) is 0.103. The molecule has 1 aromatic heterocycles. The Hall–Kier alpha value is -3.60. The maximum Gasteiger partial charge on any atom is 0.227 e. The van der Waals surface area contributed by atoms with Crippen LogP contribution in [0.25, 0.3) is 21.3 Å². The number of hydrogen-bond acceptors (Lipinski definition) is 5. The molecule has 4 bridgehead atoms. The summed E-state index contributed by atoms with van der Waals surface area (Å²) in [4.78, 5) is 20.8. The molecule has 11 rings (SSSR count). The molecule has 5 nitrogen and oxygen atoms in total. The quantitative estimate of drug-likeness (QED) is 0.195. The molecule has 0 radical (unpaired) electrons. The Balaban J connectivity index is 0.981. The largest absolute Gasteiger partial charge is 0.370 e. The molecule has 7 heteroatoms. The molecular weight excluding hydrogens is 594 g/mol. The summed E-state index contributed by atoms with van der Waals surface area (Å²) in [5.41, 5.74) is 4.55. The van der Waals surface area contributed by atoms with Gasteiger partial charge in [0.25, 0.3) is 0 Å². The van der Waals surface area contributed by atoms with Gasteiger partial charge in [-0.3, -0.25) is 4.79 Å². The highest BCUT2D eigenvalue weighted by Crippen LogP contribution is 2.71. The van der Waals surface area contributed by atoms with Crippen molar-refractivity contribution in [2.45, 2.75) is 87.8 Å². The Kier molecular flexibility index (Phi) is 6.04. The number of halogens is 1. The van der Waals surface area contributed by atoms with Crippen molar-refractivity contribution in [1.82, 2.24) is 4.98 Å². The smallest absolute Gasteiger partial charge is 0.227 e. The maximum absolute atomic E-state index is 14.5. The molecule has 3 heterocycles. The van der Waals surface area contributed by atoms with Crippen molar-refractivity contribution in [2.75, 3.05) is 18.1 Å². The standard InChI is InChI=1S/C39H38FN3O2S/c1-26-42-32-10-5-28(18-33(32)46-26)27-3-2-4-31(17-27)43(34(44)19-36-20-38(40,21-36)22-36)24-35-11-15-39(16-12-35,45-25-35)30-8-6-29(7-9-30)37(23-41)13-14-37/h2-10,17-18H,11-16,19-22,24-25H2,1H3. The number of carbonyl (C=O) groups is 1. The number of nitriles is 1. The number of alkyl halides is 1. The van der Waals surface area contributed by atoms with E-state index in [2.05, 4.69) is 71.7 Å². The van der Waals surface area contributed by atoms with E-state index in [1.165, 1.54) is 5.56 Å². The van der Waals surface area contributed by atoms with Gasteiger partial charge in [0.2, 0.25) is 5.91 Å². The third-order valence-electron chi connectivity index (χ3n) is 12.1. The number of ether oxygens (including phenoxy) is 1. The van der Waals surface area contributed by atoms with Gasteiger partial charge < -0.3 is 9.64 Å². The molecule has 5 saturated carbocycles. The third-order valence-corrected chi connectivity index (χ3v) is 13.0. The predicted octanol–water partition coefficient (Wildman–Crippen LogP) is 8.93. The zero-order chi connectivity index (χ0) is 31.4. The number of nitrogens with zero attached hydrogens (tertiary/aromatic N) is 3. The van der Waals surface area contributed by atoms with Crippen molar-refractivity contribution in [3.05, 3.63) is 82.9 Å². The fraction of sp³-hybridized carbons (Fsp3) is 0.462. The number of hydrogen-bond donors (Lipinski definition) is 0. The molecule has 0 atom stereocenters. The van der Waals surface area contributed by atoms with Crippen molar-refractivity contribution in [3.63, 3.8) is 0 Å². The topological polar surface area (TPSA) is 66.2 Å². The van der Waals surface area contributed by atoms with Crippen LogP contribution in [-0.4, -0.2) is 29.7 Å². The summed E-state index contributed by atoms with van der Waals surface area (Å²) in [5, 5.41) is 10.7. The molecule has 7 fully saturated rings. The van der Waals surface area contributed by atoms with Gasteiger partial charge >= 0.3 is 0 Å². The maximum atomic E-state index is 14.5. The Labute approximate surface area is 273 Å². The summed E-state index contributed by atoms with van der Waals surface area (Å²) in [6, 6.07) is 25.9. The first kappa shape index (κ1) is 28.6. The fourth-order valence-electron chi connectivity index (χ4n) is 9.22. The number of fused-ring (bicyclic) bond motifs is 4. The lowest BCUT2D eigenvalue weighted by atomic mass is 9.41. The number of aryl methyl sites for hydroxylation is 1. The van der Waals surface area contributed by atoms with Gasteiger partial charge in [0.15, 0.2) is 0 Å². The number of rotatable bonds is 8. The number of benzene rings is 3. The molecule has 5 aliphatic carbocycles. The average Bonchev–Trinajstić information content (AvgIpc) is 3.77. The summed E-state index contributed by atoms with van der Waals surface area (Å²) >= 11 is 1.70. The summed E-state index contributed by atoms with van der Waals surface area (Å²) in [6.45, 7) is 3.25. The number of thiazole rings is 1. The van der Waals surface area contributed by atoms with Gasteiger partial charge in [-0.1, -0.05) is 42.5 Å². The first-order valence-electron chi connectivity index (χ1n) is 16.8. The van der Waals surface area contributed by atoms with Crippen LogP contribution < -0.4 is 4.90 Å². The van der Waals surface area contributed by atoms with Crippen LogP contribution in [0.5, 0.6) is 0 Å². The summed E-state index contributed by atoms with van der Waals surface area (Å²) < 4.78 is 22.4. The normalized spacial score (nSPS) is 31.5. The Morgan fingerprint density at radius 1 is 0.935 bits per heavy atom. The molecule has 0 spiro atoms. The van der Waals surface area contributed by atoms with Crippen molar-refractivity contribution >= 4 is 33.1 Å². The molecule has 7 aliphatic rings. The van der Waals surface area contributed by atoms with Gasteiger partial charge in [0.05, 0.1) is 38.9 Å². The molecule has 234 valence electrons. The van der Waals surface area contributed by atoms with Crippen molar-refractivity contribution in [2.24, 2.45) is 10.8 Å². The fourth-order valence-corrected chi connectivity index (χ4v) is 10.1. The minimum absolute atomic E-state index is 0.103. The van der Waals surface area contributed by atoms with E-state index in [0.29, 0.717) is 38.8 Å². The molecule has 0 unspecified atom stereocenters. The van der Waals surface area contributed by atoms with E-state index >= 15 is 0 Å². The monoisotopic (exact) mass is 631 g/mol. The molecule has 1 amide bonds. The van der Waals surface area contributed by atoms with E-state index in [9.17, 15) is 14.4 Å². The zero-order valence-electron chi connectivity index (χ0n) is 26.3. The Bertz CT molecular complexity index is 1890. The summed E-state index contributed by atoms with van der Waals surface area (Å²) in [7, 11) is 0. The van der Waals surface area contributed by atoms with Crippen LogP contribution in [-0.2, 0) is 20.5 Å². The Morgan fingerprint density at radius 3 is 2.30 bits per heavy atom. The number of carbonyl (C=O) groups excluding carboxylic acids is 1. The average molecular weight is 632 g/mol.